The zero-order valence-electron chi connectivity index (χ0n) is 16.9. The van der Waals surface area contributed by atoms with Crippen LogP contribution in [-0.2, 0) is 37.6 Å². The number of hydrogen-bond acceptors (Lipinski definition) is 7. The van der Waals surface area contributed by atoms with Crippen LogP contribution in [-0.4, -0.2) is 50.1 Å². The first-order valence-corrected chi connectivity index (χ1v) is 13.9. The standard InChI is InChI=1S/C20H21N3O5S3/c1-3-31(27,28)23-12-14-7-5-4-6-13(14)10-17(23)19(24)22-20-21-16-9-8-15(30(2,25)26)11-18(16)29-20/h4-9,11,17H,3,10,12H2,1-2H3,(H,21,22,24)/t17-/m1/s1. The topological polar surface area (TPSA) is 114 Å². The van der Waals surface area contributed by atoms with Crippen molar-refractivity contribution in [2.24, 2.45) is 0 Å². The lowest BCUT2D eigenvalue weighted by atomic mass is 9.95. The number of sulfonamides is 1. The van der Waals surface area contributed by atoms with Gasteiger partial charge in [-0.1, -0.05) is 35.6 Å². The molecule has 1 aliphatic heterocycles. The third kappa shape index (κ3) is 4.36. The minimum Gasteiger partial charge on any atom is -0.301 e. The van der Waals surface area contributed by atoms with E-state index in [0.29, 0.717) is 15.3 Å². The Bertz CT molecular complexity index is 1380. The van der Waals surface area contributed by atoms with Crippen molar-refractivity contribution in [3.63, 3.8) is 0 Å². The Morgan fingerprint density at radius 3 is 2.55 bits per heavy atom. The highest BCUT2D eigenvalue weighted by Crippen LogP contribution is 2.30. The van der Waals surface area contributed by atoms with Crippen molar-refractivity contribution in [1.82, 2.24) is 9.29 Å². The minimum atomic E-state index is -3.61. The summed E-state index contributed by atoms with van der Waals surface area (Å²) in [4.78, 5) is 17.6. The van der Waals surface area contributed by atoms with E-state index in [-0.39, 0.29) is 23.6 Å². The third-order valence-electron chi connectivity index (χ3n) is 5.25. The van der Waals surface area contributed by atoms with Gasteiger partial charge in [0.1, 0.15) is 6.04 Å². The van der Waals surface area contributed by atoms with Crippen molar-refractivity contribution in [2.45, 2.75) is 30.8 Å². The van der Waals surface area contributed by atoms with Gasteiger partial charge in [0.25, 0.3) is 0 Å². The van der Waals surface area contributed by atoms with Gasteiger partial charge in [0.2, 0.25) is 15.9 Å². The van der Waals surface area contributed by atoms with Crippen LogP contribution in [0.1, 0.15) is 18.1 Å². The molecule has 31 heavy (non-hydrogen) atoms. The van der Waals surface area contributed by atoms with Gasteiger partial charge in [0.05, 0.1) is 20.9 Å². The Hall–Kier alpha value is -2.34. The lowest BCUT2D eigenvalue weighted by molar-refractivity contribution is -0.120. The molecular weight excluding hydrogens is 458 g/mol. The Balaban J connectivity index is 1.64. The SMILES string of the molecule is CCS(=O)(=O)N1Cc2ccccc2C[C@@H]1C(=O)Nc1nc2ccc(S(C)(=O)=O)cc2s1. The number of nitrogens with zero attached hydrogens (tertiary/aromatic N) is 2. The fraction of sp³-hybridized carbons (Fsp3) is 0.300. The minimum absolute atomic E-state index is 0.103. The predicted octanol–water partition coefficient (Wildman–Crippen LogP) is 2.41. The largest absolute Gasteiger partial charge is 0.301 e. The Labute approximate surface area is 184 Å². The van der Waals surface area contributed by atoms with Crippen LogP contribution < -0.4 is 5.32 Å². The molecule has 4 rings (SSSR count). The molecule has 3 aromatic rings. The van der Waals surface area contributed by atoms with Crippen molar-refractivity contribution in [2.75, 3.05) is 17.3 Å². The van der Waals surface area contributed by atoms with Gasteiger partial charge in [-0.25, -0.2) is 21.8 Å². The quantitative estimate of drug-likeness (QED) is 0.601. The molecule has 1 N–H and O–H groups in total. The summed E-state index contributed by atoms with van der Waals surface area (Å²) in [5.74, 6) is -0.567. The van der Waals surface area contributed by atoms with Gasteiger partial charge in [0.15, 0.2) is 15.0 Å². The van der Waals surface area contributed by atoms with Crippen molar-refractivity contribution in [3.8, 4) is 0 Å². The lowest BCUT2D eigenvalue weighted by Gasteiger charge is -2.34. The number of nitrogens with one attached hydrogen (secondary N) is 1. The monoisotopic (exact) mass is 479 g/mol. The number of thiazole rings is 1. The number of carbonyl (C=O) groups is 1. The molecule has 0 radical (unpaired) electrons. The van der Waals surface area contributed by atoms with Crippen LogP contribution in [0, 0.1) is 0 Å². The molecular formula is C20H21N3O5S3. The second kappa shape index (κ2) is 7.97. The molecule has 0 spiro atoms. The second-order valence-corrected chi connectivity index (χ2v) is 12.6. The average Bonchev–Trinajstić information content (AvgIpc) is 3.13. The number of hydrogen-bond donors (Lipinski definition) is 1. The van der Waals surface area contributed by atoms with Gasteiger partial charge in [-0.2, -0.15) is 4.31 Å². The van der Waals surface area contributed by atoms with E-state index in [2.05, 4.69) is 10.3 Å². The number of anilines is 1. The molecule has 2 aromatic carbocycles. The van der Waals surface area contributed by atoms with Crippen molar-refractivity contribution >= 4 is 52.5 Å². The molecule has 0 unspecified atom stereocenters. The number of sulfone groups is 1. The van der Waals surface area contributed by atoms with Gasteiger partial charge in [-0.15, -0.1) is 0 Å². The molecule has 1 aliphatic rings. The van der Waals surface area contributed by atoms with E-state index in [9.17, 15) is 21.6 Å². The lowest BCUT2D eigenvalue weighted by Crippen LogP contribution is -2.51. The van der Waals surface area contributed by atoms with E-state index in [1.165, 1.54) is 16.4 Å². The maximum absolute atomic E-state index is 13.1. The molecule has 0 fully saturated rings. The molecule has 1 atom stereocenters. The first kappa shape index (κ1) is 21.9. The highest BCUT2D eigenvalue weighted by atomic mass is 32.2. The molecule has 8 nitrogen and oxygen atoms in total. The van der Waals surface area contributed by atoms with Crippen molar-refractivity contribution in [3.05, 3.63) is 53.6 Å². The summed E-state index contributed by atoms with van der Waals surface area (Å²) < 4.78 is 50.8. The number of benzene rings is 2. The highest BCUT2D eigenvalue weighted by molar-refractivity contribution is 7.90. The first-order chi connectivity index (χ1) is 14.6. The Kier molecular flexibility index (Phi) is 5.63. The van der Waals surface area contributed by atoms with Crippen LogP contribution in [0.3, 0.4) is 0 Å². The van der Waals surface area contributed by atoms with Crippen LogP contribution in [0.15, 0.2) is 47.4 Å². The highest BCUT2D eigenvalue weighted by Gasteiger charge is 2.38. The van der Waals surface area contributed by atoms with Gasteiger partial charge < -0.3 is 5.32 Å². The van der Waals surface area contributed by atoms with E-state index in [1.54, 1.807) is 13.0 Å². The predicted molar refractivity (Wildman–Crippen MR) is 120 cm³/mol. The van der Waals surface area contributed by atoms with E-state index < -0.39 is 31.8 Å². The summed E-state index contributed by atoms with van der Waals surface area (Å²) in [7, 11) is -6.97. The van der Waals surface area contributed by atoms with E-state index >= 15 is 0 Å². The van der Waals surface area contributed by atoms with Crippen LogP contribution in [0.5, 0.6) is 0 Å². The summed E-state index contributed by atoms with van der Waals surface area (Å²) in [6, 6.07) is 11.2. The first-order valence-electron chi connectivity index (χ1n) is 9.56. The molecule has 0 saturated carbocycles. The molecule has 1 amide bonds. The summed E-state index contributed by atoms with van der Waals surface area (Å²) in [5.41, 5.74) is 2.38. The number of amides is 1. The fourth-order valence-electron chi connectivity index (χ4n) is 3.56. The smallest absolute Gasteiger partial charge is 0.244 e. The van der Waals surface area contributed by atoms with Gasteiger partial charge in [0, 0.05) is 12.8 Å². The molecule has 2 heterocycles. The normalized spacial score (nSPS) is 17.4. The summed E-state index contributed by atoms with van der Waals surface area (Å²) in [6.45, 7) is 1.69. The maximum Gasteiger partial charge on any atom is 0.244 e. The summed E-state index contributed by atoms with van der Waals surface area (Å²) in [6.07, 6.45) is 1.39. The third-order valence-corrected chi connectivity index (χ3v) is 9.12. The van der Waals surface area contributed by atoms with E-state index in [4.69, 9.17) is 0 Å². The van der Waals surface area contributed by atoms with Crippen LogP contribution in [0.25, 0.3) is 10.2 Å². The molecule has 0 bridgehead atoms. The number of fused-ring (bicyclic) bond motifs is 2. The van der Waals surface area contributed by atoms with Crippen LogP contribution in [0.4, 0.5) is 5.13 Å². The van der Waals surface area contributed by atoms with E-state index in [0.717, 1.165) is 28.7 Å². The number of carbonyl (C=O) groups excluding carboxylic acids is 1. The van der Waals surface area contributed by atoms with Gasteiger partial charge in [-0.05, 0) is 42.7 Å². The van der Waals surface area contributed by atoms with Crippen LogP contribution >= 0.6 is 11.3 Å². The number of rotatable bonds is 5. The van der Waals surface area contributed by atoms with Gasteiger partial charge in [-0.3, -0.25) is 4.79 Å². The van der Waals surface area contributed by atoms with Crippen LogP contribution in [0.2, 0.25) is 0 Å². The zero-order chi connectivity index (χ0) is 22.4. The molecule has 0 aliphatic carbocycles. The fourth-order valence-corrected chi connectivity index (χ4v) is 6.41. The average molecular weight is 480 g/mol. The maximum atomic E-state index is 13.1. The van der Waals surface area contributed by atoms with Crippen molar-refractivity contribution in [1.29, 1.82) is 0 Å². The molecule has 164 valence electrons. The molecule has 0 saturated heterocycles. The molecule has 11 heteroatoms. The summed E-state index contributed by atoms with van der Waals surface area (Å²) >= 11 is 1.14. The second-order valence-electron chi connectivity index (χ2n) is 7.34. The Morgan fingerprint density at radius 1 is 1.16 bits per heavy atom. The Morgan fingerprint density at radius 2 is 1.87 bits per heavy atom. The van der Waals surface area contributed by atoms with Crippen molar-refractivity contribution < 1.29 is 21.6 Å². The molecule has 1 aromatic heterocycles. The van der Waals surface area contributed by atoms with E-state index in [1.807, 2.05) is 24.3 Å². The summed E-state index contributed by atoms with van der Waals surface area (Å²) in [5, 5.41) is 3.02. The van der Waals surface area contributed by atoms with Gasteiger partial charge >= 0.3 is 0 Å². The zero-order valence-corrected chi connectivity index (χ0v) is 19.4. The number of aromatic nitrogens is 1.